The zero-order valence-electron chi connectivity index (χ0n) is 19.8. The molecule has 4 heteroatoms. The number of hydrogen-bond donors (Lipinski definition) is 1. The zero-order chi connectivity index (χ0) is 22.4. The average Bonchev–Trinajstić information content (AvgIpc) is 2.79. The Kier molecular flexibility index (Phi) is 17.6. The van der Waals surface area contributed by atoms with Gasteiger partial charge < -0.3 is 10.1 Å². The lowest BCUT2D eigenvalue weighted by Gasteiger charge is -2.07. The molecular weight excluding hydrogens is 386 g/mol. The van der Waals surface area contributed by atoms with Gasteiger partial charge >= 0.3 is 5.97 Å². The maximum Gasteiger partial charge on any atom is 0.325 e. The van der Waals surface area contributed by atoms with Crippen molar-refractivity contribution in [2.24, 2.45) is 0 Å². The Balaban J connectivity index is 1.81. The molecule has 176 valence electrons. The van der Waals surface area contributed by atoms with E-state index in [-0.39, 0.29) is 19.1 Å². The Morgan fingerprint density at radius 3 is 1.71 bits per heavy atom. The fourth-order valence-corrected chi connectivity index (χ4v) is 3.71. The largest absolute Gasteiger partial charge is 0.460 e. The van der Waals surface area contributed by atoms with Gasteiger partial charge in [0.2, 0.25) is 5.91 Å². The van der Waals surface area contributed by atoms with E-state index in [2.05, 4.69) is 12.2 Å². The van der Waals surface area contributed by atoms with Crippen LogP contribution in [0.1, 0.15) is 115 Å². The third-order valence-corrected chi connectivity index (χ3v) is 5.68. The topological polar surface area (TPSA) is 55.4 Å². The first-order valence-corrected chi connectivity index (χ1v) is 12.7. The number of carbonyl (C=O) groups is 2. The van der Waals surface area contributed by atoms with Crippen LogP contribution in [0.2, 0.25) is 0 Å². The minimum Gasteiger partial charge on any atom is -0.460 e. The van der Waals surface area contributed by atoms with Crippen LogP contribution in [0, 0.1) is 0 Å². The maximum absolute atomic E-state index is 11.8. The third-order valence-electron chi connectivity index (χ3n) is 5.68. The van der Waals surface area contributed by atoms with E-state index in [4.69, 9.17) is 4.74 Å². The van der Waals surface area contributed by atoms with E-state index in [0.29, 0.717) is 6.42 Å². The molecule has 0 saturated heterocycles. The first kappa shape index (κ1) is 27.2. The highest BCUT2D eigenvalue weighted by Gasteiger charge is 2.07. The predicted octanol–water partition coefficient (Wildman–Crippen LogP) is 7.11. The summed E-state index contributed by atoms with van der Waals surface area (Å²) in [4.78, 5) is 23.5. The number of rotatable bonds is 20. The summed E-state index contributed by atoms with van der Waals surface area (Å²) in [6.45, 7) is 2.46. The first-order valence-electron chi connectivity index (χ1n) is 12.7. The van der Waals surface area contributed by atoms with Crippen LogP contribution in [-0.2, 0) is 20.9 Å². The number of amides is 1. The number of benzene rings is 1. The Morgan fingerprint density at radius 1 is 0.710 bits per heavy atom. The average molecular weight is 432 g/mol. The van der Waals surface area contributed by atoms with Crippen molar-refractivity contribution in [3.63, 3.8) is 0 Å². The van der Waals surface area contributed by atoms with Gasteiger partial charge in [0.15, 0.2) is 0 Å². The van der Waals surface area contributed by atoms with Crippen molar-refractivity contribution in [2.45, 2.75) is 116 Å². The van der Waals surface area contributed by atoms with Gasteiger partial charge in [0.25, 0.3) is 0 Å². The molecule has 1 amide bonds. The van der Waals surface area contributed by atoms with E-state index in [1.165, 1.54) is 83.5 Å². The lowest BCUT2D eigenvalue weighted by molar-refractivity contribution is -0.145. The molecule has 1 aromatic carbocycles. The molecule has 0 bridgehead atoms. The molecule has 0 aliphatic heterocycles. The number of unbranched alkanes of at least 4 members (excludes halogenated alkanes) is 14. The van der Waals surface area contributed by atoms with Crippen LogP contribution in [0.15, 0.2) is 30.3 Å². The summed E-state index contributed by atoms with van der Waals surface area (Å²) in [5.74, 6) is -0.458. The number of carbonyl (C=O) groups excluding carboxylic acids is 2. The molecule has 4 nitrogen and oxygen atoms in total. The quantitative estimate of drug-likeness (QED) is 0.177. The predicted molar refractivity (Wildman–Crippen MR) is 129 cm³/mol. The van der Waals surface area contributed by atoms with Crippen molar-refractivity contribution in [3.05, 3.63) is 35.9 Å². The molecule has 0 radical (unpaired) electrons. The first-order chi connectivity index (χ1) is 15.2. The van der Waals surface area contributed by atoms with Crippen molar-refractivity contribution in [2.75, 3.05) is 6.54 Å². The summed E-state index contributed by atoms with van der Waals surface area (Å²) in [6.07, 6.45) is 20.2. The molecule has 0 fully saturated rings. The highest BCUT2D eigenvalue weighted by molar-refractivity contribution is 5.81. The van der Waals surface area contributed by atoms with Crippen molar-refractivity contribution in [1.29, 1.82) is 0 Å². The van der Waals surface area contributed by atoms with E-state index in [0.717, 1.165) is 18.4 Å². The van der Waals surface area contributed by atoms with E-state index in [1.807, 2.05) is 30.3 Å². The SMILES string of the molecule is CCCCCCCCCCCCCCCCCC(=O)NCC(=O)OCc1ccccc1. The Bertz CT molecular complexity index is 559. The molecule has 0 atom stereocenters. The molecule has 0 spiro atoms. The van der Waals surface area contributed by atoms with E-state index in [9.17, 15) is 9.59 Å². The number of nitrogens with one attached hydrogen (secondary N) is 1. The lowest BCUT2D eigenvalue weighted by atomic mass is 10.0. The van der Waals surface area contributed by atoms with Gasteiger partial charge in [-0.05, 0) is 12.0 Å². The van der Waals surface area contributed by atoms with Crippen LogP contribution in [-0.4, -0.2) is 18.4 Å². The highest BCUT2D eigenvalue weighted by atomic mass is 16.5. The van der Waals surface area contributed by atoms with Crippen molar-refractivity contribution >= 4 is 11.9 Å². The third kappa shape index (κ3) is 17.5. The standard InChI is InChI=1S/C27H45NO3/c1-2-3-4-5-6-7-8-9-10-11-12-13-14-15-19-22-26(29)28-23-27(30)31-24-25-20-17-16-18-21-25/h16-18,20-21H,2-15,19,22-24H2,1H3,(H,28,29). The van der Waals surface area contributed by atoms with Gasteiger partial charge in [0, 0.05) is 6.42 Å². The molecule has 1 rings (SSSR count). The molecular formula is C27H45NO3. The molecule has 0 heterocycles. The van der Waals surface area contributed by atoms with E-state index < -0.39 is 5.97 Å². The Morgan fingerprint density at radius 2 is 1.19 bits per heavy atom. The van der Waals surface area contributed by atoms with Crippen LogP contribution >= 0.6 is 0 Å². The van der Waals surface area contributed by atoms with Crippen molar-refractivity contribution in [1.82, 2.24) is 5.32 Å². The summed E-state index contributed by atoms with van der Waals surface area (Å²) in [5.41, 5.74) is 0.944. The minimum absolute atomic E-state index is 0.0512. The molecule has 0 aliphatic carbocycles. The molecule has 1 N–H and O–H groups in total. The van der Waals surface area contributed by atoms with Crippen LogP contribution in [0.5, 0.6) is 0 Å². The van der Waals surface area contributed by atoms with Crippen molar-refractivity contribution in [3.8, 4) is 0 Å². The molecule has 31 heavy (non-hydrogen) atoms. The van der Waals surface area contributed by atoms with Crippen LogP contribution < -0.4 is 5.32 Å². The normalized spacial score (nSPS) is 10.7. The Hall–Kier alpha value is -1.84. The Labute approximate surface area is 190 Å². The smallest absolute Gasteiger partial charge is 0.325 e. The molecule has 0 saturated carbocycles. The fourth-order valence-electron chi connectivity index (χ4n) is 3.71. The summed E-state index contributed by atoms with van der Waals surface area (Å²) in [7, 11) is 0. The maximum atomic E-state index is 11.8. The van der Waals surface area contributed by atoms with Crippen LogP contribution in [0.4, 0.5) is 0 Å². The monoisotopic (exact) mass is 431 g/mol. The minimum atomic E-state index is -0.395. The van der Waals surface area contributed by atoms with Gasteiger partial charge in [-0.3, -0.25) is 9.59 Å². The van der Waals surface area contributed by atoms with E-state index >= 15 is 0 Å². The van der Waals surface area contributed by atoms with Gasteiger partial charge in [-0.25, -0.2) is 0 Å². The molecule has 0 unspecified atom stereocenters. The van der Waals surface area contributed by atoms with Crippen LogP contribution in [0.25, 0.3) is 0 Å². The molecule has 0 aliphatic rings. The number of hydrogen-bond acceptors (Lipinski definition) is 3. The zero-order valence-corrected chi connectivity index (χ0v) is 19.8. The van der Waals surface area contributed by atoms with Crippen molar-refractivity contribution < 1.29 is 14.3 Å². The summed E-state index contributed by atoms with van der Waals surface area (Å²) < 4.78 is 5.16. The summed E-state index contributed by atoms with van der Waals surface area (Å²) >= 11 is 0. The second-order valence-electron chi connectivity index (χ2n) is 8.62. The highest BCUT2D eigenvalue weighted by Crippen LogP contribution is 2.13. The van der Waals surface area contributed by atoms with E-state index in [1.54, 1.807) is 0 Å². The second kappa shape index (κ2) is 20.1. The van der Waals surface area contributed by atoms with Gasteiger partial charge in [-0.15, -0.1) is 0 Å². The van der Waals surface area contributed by atoms with Crippen LogP contribution in [0.3, 0.4) is 0 Å². The number of ether oxygens (including phenoxy) is 1. The molecule has 1 aromatic rings. The summed E-state index contributed by atoms with van der Waals surface area (Å²) in [5, 5.41) is 2.65. The number of esters is 1. The van der Waals surface area contributed by atoms with Gasteiger partial charge in [0.05, 0.1) is 0 Å². The van der Waals surface area contributed by atoms with Gasteiger partial charge in [-0.1, -0.05) is 127 Å². The lowest BCUT2D eigenvalue weighted by Crippen LogP contribution is -2.30. The second-order valence-corrected chi connectivity index (χ2v) is 8.62. The fraction of sp³-hybridized carbons (Fsp3) is 0.704. The summed E-state index contributed by atoms with van der Waals surface area (Å²) in [6, 6.07) is 9.54. The van der Waals surface area contributed by atoms with Gasteiger partial charge in [0.1, 0.15) is 13.2 Å². The van der Waals surface area contributed by atoms with Gasteiger partial charge in [-0.2, -0.15) is 0 Å². The molecule has 0 aromatic heterocycles.